The fourth-order valence-electron chi connectivity index (χ4n) is 1.12. The first-order chi connectivity index (χ1) is 5.74. The average molecular weight is 210 g/mol. The Balaban J connectivity index is 0.00000144. The van der Waals surface area contributed by atoms with E-state index in [-0.39, 0.29) is 12.4 Å². The monoisotopic (exact) mass is 209 g/mol. The van der Waals surface area contributed by atoms with Gasteiger partial charge in [0.05, 0.1) is 7.11 Å². The minimum absolute atomic E-state index is 0. The summed E-state index contributed by atoms with van der Waals surface area (Å²) in [4.78, 5) is 10.7. The van der Waals surface area contributed by atoms with Crippen LogP contribution in [0.3, 0.4) is 0 Å². The second-order valence-electron chi connectivity index (χ2n) is 2.66. The van der Waals surface area contributed by atoms with Crippen molar-refractivity contribution in [3.63, 3.8) is 0 Å². The lowest BCUT2D eigenvalue weighted by atomic mass is 10.0. The molecule has 1 aliphatic rings. The van der Waals surface area contributed by atoms with E-state index in [0.717, 1.165) is 6.54 Å². The van der Waals surface area contributed by atoms with Crippen molar-refractivity contribution >= 4 is 18.4 Å². The summed E-state index contributed by atoms with van der Waals surface area (Å²) in [6, 6.07) is 0. The summed E-state index contributed by atoms with van der Waals surface area (Å²) in [6.45, 7) is 1.02. The number of methoxy groups -OCH3 is 1. The number of carbonyl (C=O) groups excluding carboxylic acids is 1. The van der Waals surface area contributed by atoms with Crippen LogP contribution in [0.2, 0.25) is 0 Å². The highest BCUT2D eigenvalue weighted by Gasteiger charge is 2.18. The first kappa shape index (κ1) is 12.4. The van der Waals surface area contributed by atoms with E-state index in [1.54, 1.807) is 0 Å². The maximum Gasteiger partial charge on any atom is 0.330 e. The van der Waals surface area contributed by atoms with Gasteiger partial charge in [0.25, 0.3) is 0 Å². The molecule has 13 heavy (non-hydrogen) atoms. The highest BCUT2D eigenvalue weighted by atomic mass is 35.5. The van der Waals surface area contributed by atoms with Gasteiger partial charge < -0.3 is 10.1 Å². The van der Waals surface area contributed by atoms with E-state index in [2.05, 4.69) is 10.1 Å². The Morgan fingerprint density at radius 1 is 1.77 bits per heavy atom. The Morgan fingerprint density at radius 2 is 2.46 bits per heavy atom. The second-order valence-corrected chi connectivity index (χ2v) is 2.66. The summed E-state index contributed by atoms with van der Waals surface area (Å²) in [6.07, 6.45) is 0.778. The molecule has 1 atom stereocenters. The third-order valence-electron chi connectivity index (χ3n) is 1.82. The van der Waals surface area contributed by atoms with Crippen LogP contribution in [-0.4, -0.2) is 32.3 Å². The van der Waals surface area contributed by atoms with Crippen molar-refractivity contribution in [2.45, 2.75) is 12.6 Å². The molecule has 1 rings (SSSR count). The van der Waals surface area contributed by atoms with Gasteiger partial charge in [-0.15, -0.1) is 12.4 Å². The molecule has 0 spiro atoms. The number of carbonyl (C=O) groups is 1. The molecule has 1 unspecified atom stereocenters. The summed E-state index contributed by atoms with van der Waals surface area (Å²) in [5.74, 6) is -0.477. The van der Waals surface area contributed by atoms with Crippen LogP contribution < -0.4 is 5.32 Å². The standard InChI is InChI=1S/C8H12FNO2.ClH/c1-12-8(11)4-6-2-3-10-5-7(6)9;/h4,7,10H,2-3,5H2,1H3;1H/b6-4+;. The van der Waals surface area contributed by atoms with Crippen molar-refractivity contribution in [1.82, 2.24) is 5.32 Å². The van der Waals surface area contributed by atoms with Crippen molar-refractivity contribution in [2.24, 2.45) is 0 Å². The first-order valence-corrected chi connectivity index (χ1v) is 3.87. The molecule has 1 saturated heterocycles. The zero-order valence-corrected chi connectivity index (χ0v) is 8.20. The van der Waals surface area contributed by atoms with Crippen LogP contribution in [0.4, 0.5) is 4.39 Å². The van der Waals surface area contributed by atoms with Gasteiger partial charge in [-0.2, -0.15) is 0 Å². The Labute approximate surface area is 82.7 Å². The number of hydrogen-bond donors (Lipinski definition) is 1. The van der Waals surface area contributed by atoms with Gasteiger partial charge in [0, 0.05) is 12.6 Å². The van der Waals surface area contributed by atoms with Crippen molar-refractivity contribution in [1.29, 1.82) is 0 Å². The molecule has 0 aromatic heterocycles. The maximum atomic E-state index is 13.0. The van der Waals surface area contributed by atoms with E-state index in [9.17, 15) is 9.18 Å². The van der Waals surface area contributed by atoms with Crippen LogP contribution in [-0.2, 0) is 9.53 Å². The van der Waals surface area contributed by atoms with Crippen LogP contribution in [0.1, 0.15) is 6.42 Å². The van der Waals surface area contributed by atoms with E-state index in [1.807, 2.05) is 0 Å². The molecule has 1 fully saturated rings. The number of rotatable bonds is 1. The highest BCUT2D eigenvalue weighted by molar-refractivity contribution is 5.85. The van der Waals surface area contributed by atoms with Crippen LogP contribution in [0.25, 0.3) is 0 Å². The van der Waals surface area contributed by atoms with Gasteiger partial charge in [0.2, 0.25) is 0 Å². The minimum Gasteiger partial charge on any atom is -0.466 e. The van der Waals surface area contributed by atoms with Gasteiger partial charge in [0.1, 0.15) is 6.17 Å². The van der Waals surface area contributed by atoms with Crippen LogP contribution in [0.5, 0.6) is 0 Å². The average Bonchev–Trinajstić information content (AvgIpc) is 2.09. The molecule has 76 valence electrons. The Hall–Kier alpha value is -0.610. The fourth-order valence-corrected chi connectivity index (χ4v) is 1.12. The van der Waals surface area contributed by atoms with Crippen LogP contribution >= 0.6 is 12.4 Å². The number of halogens is 2. The van der Waals surface area contributed by atoms with Crippen molar-refractivity contribution in [3.05, 3.63) is 11.6 Å². The fraction of sp³-hybridized carbons (Fsp3) is 0.625. The van der Waals surface area contributed by atoms with Gasteiger partial charge >= 0.3 is 5.97 Å². The van der Waals surface area contributed by atoms with E-state index >= 15 is 0 Å². The molecule has 0 amide bonds. The SMILES string of the molecule is COC(=O)/C=C1\CCNCC1F.Cl. The number of piperidine rings is 1. The summed E-state index contributed by atoms with van der Waals surface area (Å²) in [5, 5.41) is 2.89. The number of nitrogens with one attached hydrogen (secondary N) is 1. The van der Waals surface area contributed by atoms with E-state index in [0.29, 0.717) is 18.5 Å². The highest BCUT2D eigenvalue weighted by Crippen LogP contribution is 2.14. The van der Waals surface area contributed by atoms with Crippen molar-refractivity contribution < 1.29 is 13.9 Å². The molecule has 0 bridgehead atoms. The summed E-state index contributed by atoms with van der Waals surface area (Å²) < 4.78 is 17.4. The molecule has 5 heteroatoms. The summed E-state index contributed by atoms with van der Waals surface area (Å²) >= 11 is 0. The normalized spacial score (nSPS) is 25.1. The predicted octanol–water partition coefficient (Wildman–Crippen LogP) is 0.839. The predicted molar refractivity (Wildman–Crippen MR) is 49.7 cm³/mol. The number of ether oxygens (including phenoxy) is 1. The van der Waals surface area contributed by atoms with Gasteiger partial charge in [-0.1, -0.05) is 0 Å². The van der Waals surface area contributed by atoms with Crippen LogP contribution in [0, 0.1) is 0 Å². The number of hydrogen-bond acceptors (Lipinski definition) is 3. The lowest BCUT2D eigenvalue weighted by Crippen LogP contribution is -2.33. The molecule has 0 aromatic rings. The second kappa shape index (κ2) is 5.94. The molecule has 1 heterocycles. The van der Waals surface area contributed by atoms with E-state index < -0.39 is 12.1 Å². The summed E-state index contributed by atoms with van der Waals surface area (Å²) in [7, 11) is 1.29. The van der Waals surface area contributed by atoms with Crippen molar-refractivity contribution in [3.8, 4) is 0 Å². The third-order valence-corrected chi connectivity index (χ3v) is 1.82. The molecule has 1 N–H and O–H groups in total. The van der Waals surface area contributed by atoms with Crippen LogP contribution in [0.15, 0.2) is 11.6 Å². The molecule has 1 aliphatic heterocycles. The quantitative estimate of drug-likeness (QED) is 0.514. The lowest BCUT2D eigenvalue weighted by Gasteiger charge is -2.19. The molecule has 0 radical (unpaired) electrons. The minimum atomic E-state index is -1.04. The smallest absolute Gasteiger partial charge is 0.330 e. The van der Waals surface area contributed by atoms with E-state index in [4.69, 9.17) is 0 Å². The first-order valence-electron chi connectivity index (χ1n) is 3.87. The maximum absolute atomic E-state index is 13.0. The number of esters is 1. The molecule has 0 saturated carbocycles. The number of alkyl halides is 1. The molecular weight excluding hydrogens is 197 g/mol. The molecule has 0 aliphatic carbocycles. The zero-order valence-electron chi connectivity index (χ0n) is 7.38. The van der Waals surface area contributed by atoms with E-state index in [1.165, 1.54) is 13.2 Å². The zero-order chi connectivity index (χ0) is 8.97. The Bertz CT molecular complexity index is 208. The molecule has 3 nitrogen and oxygen atoms in total. The van der Waals surface area contributed by atoms with Gasteiger partial charge in [-0.3, -0.25) is 0 Å². The Kier molecular flexibility index (Phi) is 5.66. The Morgan fingerprint density at radius 3 is 3.00 bits per heavy atom. The summed E-state index contributed by atoms with van der Waals surface area (Å²) in [5.41, 5.74) is 0.528. The van der Waals surface area contributed by atoms with Gasteiger partial charge in [-0.25, -0.2) is 9.18 Å². The molecular formula is C8H13ClFNO2. The van der Waals surface area contributed by atoms with Crippen molar-refractivity contribution in [2.75, 3.05) is 20.2 Å². The molecule has 0 aromatic carbocycles. The third kappa shape index (κ3) is 3.74. The van der Waals surface area contributed by atoms with Gasteiger partial charge in [0.15, 0.2) is 0 Å². The topological polar surface area (TPSA) is 38.3 Å². The largest absolute Gasteiger partial charge is 0.466 e. The lowest BCUT2D eigenvalue weighted by molar-refractivity contribution is -0.134. The van der Waals surface area contributed by atoms with Gasteiger partial charge in [-0.05, 0) is 18.5 Å².